The monoisotopic (exact) mass is 493 g/mol. The summed E-state index contributed by atoms with van der Waals surface area (Å²) in [6.45, 7) is 5.57. The van der Waals surface area contributed by atoms with E-state index >= 15 is 0 Å². The molecule has 0 unspecified atom stereocenters. The fourth-order valence-electron chi connectivity index (χ4n) is 3.40. The molecule has 0 atom stereocenters. The highest BCUT2D eigenvalue weighted by Crippen LogP contribution is 2.38. The van der Waals surface area contributed by atoms with Crippen molar-refractivity contribution < 1.29 is 4.79 Å². The van der Waals surface area contributed by atoms with E-state index in [1.807, 2.05) is 21.0 Å². The fraction of sp³-hybridized carbons (Fsp3) is 0.722. The molecule has 1 heterocycles. The number of aryl methyl sites for hydroxylation is 2. The molecule has 26 heavy (non-hydrogen) atoms. The lowest BCUT2D eigenvalue weighted by Gasteiger charge is -2.31. The highest BCUT2D eigenvalue weighted by molar-refractivity contribution is 14.0. The smallest absolute Gasteiger partial charge is 0.230 e. The average Bonchev–Trinajstić information content (AvgIpc) is 3.18. The SMILES string of the molecule is CN=C(NCCc1nc(C)c(C)s1)NCC1(C(=O)N(C)C)CCCC1.I. The van der Waals surface area contributed by atoms with Gasteiger partial charge in [-0.15, -0.1) is 35.3 Å². The minimum Gasteiger partial charge on any atom is -0.356 e. The zero-order chi connectivity index (χ0) is 18.4. The number of amides is 1. The van der Waals surface area contributed by atoms with E-state index in [2.05, 4.69) is 27.5 Å². The molecule has 0 aliphatic heterocycles. The van der Waals surface area contributed by atoms with Crippen LogP contribution in [0.3, 0.4) is 0 Å². The third-order valence-corrected chi connectivity index (χ3v) is 6.08. The van der Waals surface area contributed by atoms with E-state index in [9.17, 15) is 4.79 Å². The maximum Gasteiger partial charge on any atom is 0.230 e. The first-order valence-electron chi connectivity index (χ1n) is 8.97. The number of aromatic nitrogens is 1. The number of nitrogens with one attached hydrogen (secondary N) is 2. The molecule has 1 amide bonds. The molecule has 0 radical (unpaired) electrons. The van der Waals surface area contributed by atoms with Gasteiger partial charge in [0.05, 0.1) is 16.1 Å². The minimum absolute atomic E-state index is 0. The van der Waals surface area contributed by atoms with E-state index in [4.69, 9.17) is 0 Å². The lowest BCUT2D eigenvalue weighted by Crippen LogP contribution is -2.49. The van der Waals surface area contributed by atoms with Crippen molar-refractivity contribution in [3.8, 4) is 0 Å². The Morgan fingerprint density at radius 2 is 1.92 bits per heavy atom. The molecule has 0 aromatic carbocycles. The summed E-state index contributed by atoms with van der Waals surface area (Å²) in [6.07, 6.45) is 5.02. The number of nitrogens with zero attached hydrogens (tertiary/aromatic N) is 3. The Morgan fingerprint density at radius 1 is 1.27 bits per heavy atom. The summed E-state index contributed by atoms with van der Waals surface area (Å²) in [4.78, 5) is 24.5. The topological polar surface area (TPSA) is 69.6 Å². The second-order valence-corrected chi connectivity index (χ2v) is 8.33. The van der Waals surface area contributed by atoms with Crippen LogP contribution in [0.1, 0.15) is 41.3 Å². The molecule has 1 saturated carbocycles. The summed E-state index contributed by atoms with van der Waals surface area (Å²) in [5.74, 6) is 0.976. The number of guanidine groups is 1. The predicted octanol–water partition coefficient (Wildman–Crippen LogP) is 2.73. The highest BCUT2D eigenvalue weighted by Gasteiger charge is 2.42. The summed E-state index contributed by atoms with van der Waals surface area (Å²) in [5.41, 5.74) is 0.831. The van der Waals surface area contributed by atoms with Crippen LogP contribution in [0.5, 0.6) is 0 Å². The van der Waals surface area contributed by atoms with Gasteiger partial charge in [0.1, 0.15) is 0 Å². The van der Waals surface area contributed by atoms with E-state index in [0.29, 0.717) is 6.54 Å². The third-order valence-electron chi connectivity index (χ3n) is 4.94. The molecular weight excluding hydrogens is 461 g/mol. The van der Waals surface area contributed by atoms with Gasteiger partial charge in [-0.3, -0.25) is 9.79 Å². The van der Waals surface area contributed by atoms with Crippen molar-refractivity contribution in [2.24, 2.45) is 10.4 Å². The molecule has 0 saturated heterocycles. The molecule has 1 fully saturated rings. The van der Waals surface area contributed by atoms with Gasteiger partial charge in [-0.2, -0.15) is 0 Å². The molecule has 1 aliphatic carbocycles. The molecule has 2 N–H and O–H groups in total. The average molecular weight is 493 g/mol. The lowest BCUT2D eigenvalue weighted by atomic mass is 9.84. The number of carbonyl (C=O) groups excluding carboxylic acids is 1. The minimum atomic E-state index is -0.287. The number of thiazole rings is 1. The first-order chi connectivity index (χ1) is 11.9. The normalized spacial score (nSPS) is 16.1. The Bertz CT molecular complexity index is 604. The van der Waals surface area contributed by atoms with Crippen LogP contribution in [-0.4, -0.2) is 56.0 Å². The zero-order valence-electron chi connectivity index (χ0n) is 16.5. The van der Waals surface area contributed by atoms with Crippen molar-refractivity contribution in [2.75, 3.05) is 34.2 Å². The Labute approximate surface area is 178 Å². The summed E-state index contributed by atoms with van der Waals surface area (Å²) in [6, 6.07) is 0. The van der Waals surface area contributed by atoms with Crippen LogP contribution in [0.15, 0.2) is 4.99 Å². The van der Waals surface area contributed by atoms with Gasteiger partial charge in [-0.05, 0) is 26.7 Å². The van der Waals surface area contributed by atoms with Gasteiger partial charge in [0.25, 0.3) is 0 Å². The molecule has 1 aliphatic rings. The van der Waals surface area contributed by atoms with Gasteiger partial charge in [0.2, 0.25) is 5.91 Å². The standard InChI is InChI=1S/C18H31N5OS.HI/c1-13-14(2)25-15(22-13)8-11-20-17(19-3)21-12-18(9-6-7-10-18)16(24)23(4)5;/h6-12H2,1-5H3,(H2,19,20,21);1H. The van der Waals surface area contributed by atoms with Crippen molar-refractivity contribution in [3.63, 3.8) is 0 Å². The van der Waals surface area contributed by atoms with Gasteiger partial charge in [0, 0.05) is 45.5 Å². The Kier molecular flexibility index (Phi) is 9.29. The first kappa shape index (κ1) is 23.1. The Morgan fingerprint density at radius 3 is 2.42 bits per heavy atom. The largest absolute Gasteiger partial charge is 0.356 e. The van der Waals surface area contributed by atoms with Crippen LogP contribution in [-0.2, 0) is 11.2 Å². The second-order valence-electron chi connectivity index (χ2n) is 7.04. The van der Waals surface area contributed by atoms with Crippen molar-refractivity contribution >= 4 is 47.2 Å². The molecule has 0 bridgehead atoms. The number of halogens is 1. The molecule has 6 nitrogen and oxygen atoms in total. The quantitative estimate of drug-likeness (QED) is 0.363. The molecule has 1 aromatic heterocycles. The fourth-order valence-corrected chi connectivity index (χ4v) is 4.33. The van der Waals surface area contributed by atoms with Crippen LogP contribution in [0.2, 0.25) is 0 Å². The molecule has 8 heteroatoms. The van der Waals surface area contributed by atoms with Gasteiger partial charge >= 0.3 is 0 Å². The molecule has 1 aromatic rings. The van der Waals surface area contributed by atoms with Gasteiger partial charge < -0.3 is 15.5 Å². The van der Waals surface area contributed by atoms with Gasteiger partial charge in [-0.1, -0.05) is 12.8 Å². The number of hydrogen-bond donors (Lipinski definition) is 2. The van der Waals surface area contributed by atoms with Crippen LogP contribution in [0, 0.1) is 19.3 Å². The number of rotatable bonds is 6. The molecule has 2 rings (SSSR count). The van der Waals surface area contributed by atoms with E-state index < -0.39 is 0 Å². The van der Waals surface area contributed by atoms with E-state index in [1.165, 1.54) is 4.88 Å². The summed E-state index contributed by atoms with van der Waals surface area (Å²) >= 11 is 1.75. The Hall–Kier alpha value is -0.900. The van der Waals surface area contributed by atoms with Crippen LogP contribution >= 0.6 is 35.3 Å². The van der Waals surface area contributed by atoms with Crippen LogP contribution < -0.4 is 10.6 Å². The lowest BCUT2D eigenvalue weighted by molar-refractivity contribution is -0.138. The molecule has 148 valence electrons. The van der Waals surface area contributed by atoms with Crippen molar-refractivity contribution in [1.29, 1.82) is 0 Å². The van der Waals surface area contributed by atoms with Crippen LogP contribution in [0.4, 0.5) is 0 Å². The second kappa shape index (κ2) is 10.4. The van der Waals surface area contributed by atoms with Gasteiger partial charge in [-0.25, -0.2) is 4.98 Å². The van der Waals surface area contributed by atoms with E-state index in [-0.39, 0.29) is 35.3 Å². The van der Waals surface area contributed by atoms with Crippen molar-refractivity contribution in [1.82, 2.24) is 20.5 Å². The molecular formula is C18H32IN5OS. The predicted molar refractivity (Wildman–Crippen MR) is 120 cm³/mol. The van der Waals surface area contributed by atoms with Crippen molar-refractivity contribution in [2.45, 2.75) is 46.0 Å². The summed E-state index contributed by atoms with van der Waals surface area (Å²) in [7, 11) is 5.45. The summed E-state index contributed by atoms with van der Waals surface area (Å²) in [5, 5.41) is 7.85. The van der Waals surface area contributed by atoms with Crippen molar-refractivity contribution in [3.05, 3.63) is 15.6 Å². The first-order valence-corrected chi connectivity index (χ1v) is 9.79. The summed E-state index contributed by atoms with van der Waals surface area (Å²) < 4.78 is 0. The molecule has 0 spiro atoms. The van der Waals surface area contributed by atoms with E-state index in [1.54, 1.807) is 23.3 Å². The van der Waals surface area contributed by atoms with Gasteiger partial charge in [0.15, 0.2) is 5.96 Å². The number of hydrogen-bond acceptors (Lipinski definition) is 4. The maximum atomic E-state index is 12.6. The number of carbonyl (C=O) groups is 1. The maximum absolute atomic E-state index is 12.6. The van der Waals surface area contributed by atoms with E-state index in [0.717, 1.165) is 55.3 Å². The Balaban J connectivity index is 0.00000338. The zero-order valence-corrected chi connectivity index (χ0v) is 19.7. The highest BCUT2D eigenvalue weighted by atomic mass is 127. The van der Waals surface area contributed by atoms with Crippen LogP contribution in [0.25, 0.3) is 0 Å². The number of aliphatic imine (C=N–C) groups is 1. The third kappa shape index (κ3) is 5.80.